The molecule has 0 saturated heterocycles. The quantitative estimate of drug-likeness (QED) is 0.656. The zero-order valence-electron chi connectivity index (χ0n) is 15.4. The van der Waals surface area contributed by atoms with Crippen LogP contribution in [-0.2, 0) is 5.41 Å². The Morgan fingerprint density at radius 1 is 0.769 bits per heavy atom. The molecule has 1 N–H and O–H groups in total. The fraction of sp³-hybridized carbons (Fsp3) is 0.208. The van der Waals surface area contributed by atoms with E-state index in [1.807, 2.05) is 48.5 Å². The van der Waals surface area contributed by atoms with Crippen molar-refractivity contribution in [3.8, 4) is 11.1 Å². The van der Waals surface area contributed by atoms with E-state index in [2.05, 4.69) is 50.4 Å². The van der Waals surface area contributed by atoms with E-state index in [1.165, 1.54) is 16.7 Å². The van der Waals surface area contributed by atoms with Gasteiger partial charge in [-0.3, -0.25) is 4.79 Å². The van der Waals surface area contributed by atoms with Gasteiger partial charge in [-0.1, -0.05) is 81.4 Å². The molecule has 0 unspecified atom stereocenters. The first kappa shape index (κ1) is 16.6. The van der Waals surface area contributed by atoms with Crippen molar-refractivity contribution in [3.05, 3.63) is 95.1 Å². The van der Waals surface area contributed by atoms with Gasteiger partial charge in [-0.15, -0.1) is 0 Å². The molecule has 2 heteroatoms. The molecule has 0 radical (unpaired) electrons. The highest BCUT2D eigenvalue weighted by Crippen LogP contribution is 2.43. The molecule has 0 bridgehead atoms. The molecule has 4 rings (SSSR count). The molecule has 0 saturated carbocycles. The van der Waals surface area contributed by atoms with Crippen LogP contribution in [0, 0.1) is 0 Å². The summed E-state index contributed by atoms with van der Waals surface area (Å²) in [7, 11) is 0. The van der Waals surface area contributed by atoms with Crippen LogP contribution in [0.1, 0.15) is 53.9 Å². The zero-order chi connectivity index (χ0) is 18.3. The topological polar surface area (TPSA) is 29.1 Å². The number of carbonyl (C=O) groups excluding carboxylic acids is 1. The van der Waals surface area contributed by atoms with Crippen LogP contribution in [-0.4, -0.2) is 5.91 Å². The van der Waals surface area contributed by atoms with Crippen LogP contribution in [0.15, 0.2) is 72.8 Å². The second kappa shape index (κ2) is 6.14. The van der Waals surface area contributed by atoms with Gasteiger partial charge in [0.25, 0.3) is 5.91 Å². The minimum atomic E-state index is -0.0998. The van der Waals surface area contributed by atoms with Gasteiger partial charge in [-0.05, 0) is 45.4 Å². The van der Waals surface area contributed by atoms with Crippen LogP contribution in [0.25, 0.3) is 11.1 Å². The summed E-state index contributed by atoms with van der Waals surface area (Å²) < 4.78 is 0. The Kier molecular flexibility index (Phi) is 3.91. The van der Waals surface area contributed by atoms with Crippen molar-refractivity contribution in [2.45, 2.75) is 32.2 Å². The van der Waals surface area contributed by atoms with Crippen LogP contribution in [0.4, 0.5) is 0 Å². The normalized spacial score (nSPS) is 13.2. The molecule has 1 amide bonds. The van der Waals surface area contributed by atoms with Crippen molar-refractivity contribution in [2.75, 3.05) is 0 Å². The van der Waals surface area contributed by atoms with Gasteiger partial charge in [-0.2, -0.15) is 0 Å². The molecule has 0 aromatic heterocycles. The maximum atomic E-state index is 12.9. The van der Waals surface area contributed by atoms with E-state index in [0.717, 1.165) is 11.1 Å². The van der Waals surface area contributed by atoms with Gasteiger partial charge in [0.1, 0.15) is 0 Å². The van der Waals surface area contributed by atoms with Gasteiger partial charge in [0.05, 0.1) is 6.04 Å². The molecule has 26 heavy (non-hydrogen) atoms. The van der Waals surface area contributed by atoms with E-state index < -0.39 is 0 Å². The van der Waals surface area contributed by atoms with E-state index in [4.69, 9.17) is 0 Å². The standard InChI is InChI=1S/C24H23NO/c1-24(2,3)17-14-12-16(13-15-17)23(26)25-22-20-10-6-4-8-18(20)19-9-5-7-11-21(19)22/h4-15,22H,1-3H3,(H,25,26). The fourth-order valence-electron chi connectivity index (χ4n) is 3.65. The number of hydrogen-bond donors (Lipinski definition) is 1. The predicted octanol–water partition coefficient (Wildman–Crippen LogP) is 5.48. The van der Waals surface area contributed by atoms with Crippen LogP contribution in [0.2, 0.25) is 0 Å². The summed E-state index contributed by atoms with van der Waals surface area (Å²) in [6.45, 7) is 6.53. The second-order valence-corrected chi connectivity index (χ2v) is 7.91. The summed E-state index contributed by atoms with van der Waals surface area (Å²) in [6, 6.07) is 24.4. The first-order valence-electron chi connectivity index (χ1n) is 9.05. The molecular weight excluding hydrogens is 318 g/mol. The summed E-state index contributed by atoms with van der Waals surface area (Å²) in [6.07, 6.45) is 0. The van der Waals surface area contributed by atoms with Gasteiger partial charge in [0, 0.05) is 5.56 Å². The van der Waals surface area contributed by atoms with Crippen molar-refractivity contribution >= 4 is 5.91 Å². The molecule has 130 valence electrons. The summed E-state index contributed by atoms with van der Waals surface area (Å²) in [5.74, 6) is -0.0398. The number of rotatable bonds is 2. The number of fused-ring (bicyclic) bond motifs is 3. The van der Waals surface area contributed by atoms with Crippen molar-refractivity contribution in [1.82, 2.24) is 5.32 Å². The van der Waals surface area contributed by atoms with Gasteiger partial charge in [0.15, 0.2) is 0 Å². The fourth-order valence-corrected chi connectivity index (χ4v) is 3.65. The van der Waals surface area contributed by atoms with Crippen LogP contribution in [0.5, 0.6) is 0 Å². The molecule has 1 aliphatic rings. The predicted molar refractivity (Wildman–Crippen MR) is 106 cm³/mol. The zero-order valence-corrected chi connectivity index (χ0v) is 15.4. The molecule has 0 spiro atoms. The number of carbonyl (C=O) groups is 1. The number of benzene rings is 3. The smallest absolute Gasteiger partial charge is 0.252 e. The van der Waals surface area contributed by atoms with E-state index in [1.54, 1.807) is 0 Å². The minimum Gasteiger partial charge on any atom is -0.341 e. The maximum absolute atomic E-state index is 12.9. The third-order valence-electron chi connectivity index (χ3n) is 5.12. The Bertz CT molecular complexity index is 919. The van der Waals surface area contributed by atoms with Crippen molar-refractivity contribution in [1.29, 1.82) is 0 Å². The van der Waals surface area contributed by atoms with Crippen molar-refractivity contribution in [3.63, 3.8) is 0 Å². The average Bonchev–Trinajstić information content (AvgIpc) is 2.95. The highest BCUT2D eigenvalue weighted by Gasteiger charge is 2.29. The van der Waals surface area contributed by atoms with Crippen LogP contribution >= 0.6 is 0 Å². The van der Waals surface area contributed by atoms with Crippen LogP contribution < -0.4 is 5.32 Å². The Morgan fingerprint density at radius 2 is 1.27 bits per heavy atom. The van der Waals surface area contributed by atoms with E-state index in [0.29, 0.717) is 5.56 Å². The SMILES string of the molecule is CC(C)(C)c1ccc(C(=O)NC2c3ccccc3-c3ccccc32)cc1. The molecule has 3 aromatic carbocycles. The first-order valence-corrected chi connectivity index (χ1v) is 9.05. The molecule has 3 aromatic rings. The van der Waals surface area contributed by atoms with Crippen molar-refractivity contribution in [2.24, 2.45) is 0 Å². The van der Waals surface area contributed by atoms with Crippen LogP contribution in [0.3, 0.4) is 0 Å². The summed E-state index contributed by atoms with van der Waals surface area (Å²) in [5, 5.41) is 3.23. The summed E-state index contributed by atoms with van der Waals surface area (Å²) in [4.78, 5) is 12.9. The molecular formula is C24H23NO. The first-order chi connectivity index (χ1) is 12.4. The molecule has 1 aliphatic carbocycles. The third kappa shape index (κ3) is 2.82. The number of nitrogens with one attached hydrogen (secondary N) is 1. The van der Waals surface area contributed by atoms with E-state index in [-0.39, 0.29) is 17.4 Å². The van der Waals surface area contributed by atoms with Gasteiger partial charge >= 0.3 is 0 Å². The number of amides is 1. The Balaban J connectivity index is 1.64. The lowest BCUT2D eigenvalue weighted by molar-refractivity contribution is 0.0943. The lowest BCUT2D eigenvalue weighted by atomic mass is 9.86. The van der Waals surface area contributed by atoms with Gasteiger partial charge in [0.2, 0.25) is 0 Å². The molecule has 0 heterocycles. The average molecular weight is 341 g/mol. The largest absolute Gasteiger partial charge is 0.341 e. The lowest BCUT2D eigenvalue weighted by Gasteiger charge is -2.20. The summed E-state index contributed by atoms with van der Waals surface area (Å²) in [5.41, 5.74) is 6.73. The number of hydrogen-bond acceptors (Lipinski definition) is 1. The second-order valence-electron chi connectivity index (χ2n) is 7.91. The molecule has 0 aliphatic heterocycles. The van der Waals surface area contributed by atoms with Gasteiger partial charge in [-0.25, -0.2) is 0 Å². The van der Waals surface area contributed by atoms with Crippen molar-refractivity contribution < 1.29 is 4.79 Å². The molecule has 0 fully saturated rings. The third-order valence-corrected chi connectivity index (χ3v) is 5.12. The van der Waals surface area contributed by atoms with E-state index in [9.17, 15) is 4.79 Å². The highest BCUT2D eigenvalue weighted by molar-refractivity contribution is 5.95. The molecule has 0 atom stereocenters. The maximum Gasteiger partial charge on any atom is 0.252 e. The Labute approximate surface area is 154 Å². The molecule has 2 nitrogen and oxygen atoms in total. The van der Waals surface area contributed by atoms with E-state index >= 15 is 0 Å². The lowest BCUT2D eigenvalue weighted by Crippen LogP contribution is -2.28. The highest BCUT2D eigenvalue weighted by atomic mass is 16.1. The Morgan fingerprint density at radius 3 is 1.77 bits per heavy atom. The van der Waals surface area contributed by atoms with Gasteiger partial charge < -0.3 is 5.32 Å². The minimum absolute atomic E-state index is 0.0398. The monoisotopic (exact) mass is 341 g/mol. The Hall–Kier alpha value is -2.87. The summed E-state index contributed by atoms with van der Waals surface area (Å²) >= 11 is 0.